The summed E-state index contributed by atoms with van der Waals surface area (Å²) in [5.41, 5.74) is 1.16. The van der Waals surface area contributed by atoms with Gasteiger partial charge in [-0.15, -0.1) is 0 Å². The monoisotopic (exact) mass is 267 g/mol. The Morgan fingerprint density at radius 2 is 2.22 bits per heavy atom. The summed E-state index contributed by atoms with van der Waals surface area (Å²) in [6.45, 7) is 6.22. The molecule has 0 atom stereocenters. The van der Waals surface area contributed by atoms with Crippen LogP contribution in [0, 0.1) is 5.92 Å². The largest absolute Gasteiger partial charge is 0.358 e. The van der Waals surface area contributed by atoms with E-state index in [4.69, 9.17) is 11.6 Å². The standard InChI is InChI=1S/C14H22ClN3/c1-10(2)9-18(3)14-13(15)6-11(8-17-14)7-16-12-4-5-12/h6,8,10,12,16H,4-5,7,9H2,1-3H3. The van der Waals surface area contributed by atoms with Crippen molar-refractivity contribution in [1.29, 1.82) is 0 Å². The molecule has 1 N–H and O–H groups in total. The highest BCUT2D eigenvalue weighted by molar-refractivity contribution is 6.33. The fourth-order valence-electron chi connectivity index (χ4n) is 2.03. The third-order valence-corrected chi connectivity index (χ3v) is 3.33. The molecular weight excluding hydrogens is 246 g/mol. The van der Waals surface area contributed by atoms with Gasteiger partial charge in [-0.05, 0) is 30.4 Å². The lowest BCUT2D eigenvalue weighted by Crippen LogP contribution is -2.24. The molecule has 0 aliphatic heterocycles. The maximum absolute atomic E-state index is 6.31. The van der Waals surface area contributed by atoms with Gasteiger partial charge in [-0.25, -0.2) is 4.98 Å². The second kappa shape index (κ2) is 5.89. The van der Waals surface area contributed by atoms with E-state index >= 15 is 0 Å². The molecule has 1 aliphatic rings. The Kier molecular flexibility index (Phi) is 4.46. The molecule has 1 fully saturated rings. The third kappa shape index (κ3) is 3.85. The molecule has 4 heteroatoms. The molecular formula is C14H22ClN3. The number of halogens is 1. The van der Waals surface area contributed by atoms with Crippen molar-refractivity contribution in [2.45, 2.75) is 39.3 Å². The number of pyridine rings is 1. The molecule has 100 valence electrons. The number of hydrogen-bond acceptors (Lipinski definition) is 3. The summed E-state index contributed by atoms with van der Waals surface area (Å²) in [5.74, 6) is 1.48. The van der Waals surface area contributed by atoms with Crippen LogP contribution < -0.4 is 10.2 Å². The zero-order valence-electron chi connectivity index (χ0n) is 11.4. The molecule has 1 saturated carbocycles. The summed E-state index contributed by atoms with van der Waals surface area (Å²) in [5, 5.41) is 4.21. The summed E-state index contributed by atoms with van der Waals surface area (Å²) in [4.78, 5) is 6.60. The van der Waals surface area contributed by atoms with Crippen LogP contribution >= 0.6 is 11.6 Å². The number of nitrogens with one attached hydrogen (secondary N) is 1. The maximum Gasteiger partial charge on any atom is 0.147 e. The Morgan fingerprint density at radius 1 is 1.50 bits per heavy atom. The van der Waals surface area contributed by atoms with Crippen LogP contribution in [-0.2, 0) is 6.54 Å². The lowest BCUT2D eigenvalue weighted by molar-refractivity contribution is 0.634. The molecule has 0 radical (unpaired) electrons. The van der Waals surface area contributed by atoms with Gasteiger partial charge in [-0.1, -0.05) is 25.4 Å². The summed E-state index contributed by atoms with van der Waals surface area (Å²) in [6, 6.07) is 2.74. The Labute approximate surface area is 115 Å². The lowest BCUT2D eigenvalue weighted by Gasteiger charge is -2.21. The van der Waals surface area contributed by atoms with Gasteiger partial charge >= 0.3 is 0 Å². The molecule has 18 heavy (non-hydrogen) atoms. The minimum absolute atomic E-state index is 0.601. The van der Waals surface area contributed by atoms with Crippen LogP contribution in [0.3, 0.4) is 0 Å². The Hall–Kier alpha value is -0.800. The van der Waals surface area contributed by atoms with Crippen LogP contribution in [0.1, 0.15) is 32.3 Å². The van der Waals surface area contributed by atoms with Crippen LogP contribution in [0.25, 0.3) is 0 Å². The molecule has 1 aromatic heterocycles. The van der Waals surface area contributed by atoms with E-state index in [1.165, 1.54) is 12.8 Å². The molecule has 0 bridgehead atoms. The second-order valence-electron chi connectivity index (χ2n) is 5.58. The van der Waals surface area contributed by atoms with E-state index in [2.05, 4.69) is 29.0 Å². The van der Waals surface area contributed by atoms with Gasteiger partial charge in [0, 0.05) is 32.4 Å². The van der Waals surface area contributed by atoms with E-state index in [9.17, 15) is 0 Å². The van der Waals surface area contributed by atoms with Crippen LogP contribution in [-0.4, -0.2) is 24.6 Å². The van der Waals surface area contributed by atoms with E-state index in [0.717, 1.165) is 29.5 Å². The summed E-state index contributed by atoms with van der Waals surface area (Å²) in [7, 11) is 2.04. The molecule has 0 amide bonds. The molecule has 1 aromatic rings. The van der Waals surface area contributed by atoms with Gasteiger partial charge in [0.25, 0.3) is 0 Å². The van der Waals surface area contributed by atoms with E-state index < -0.39 is 0 Å². The van der Waals surface area contributed by atoms with E-state index in [1.807, 2.05) is 19.3 Å². The van der Waals surface area contributed by atoms with E-state index in [1.54, 1.807) is 0 Å². The van der Waals surface area contributed by atoms with Crippen molar-refractivity contribution in [2.24, 2.45) is 5.92 Å². The first-order valence-electron chi connectivity index (χ1n) is 6.65. The molecule has 1 heterocycles. The van der Waals surface area contributed by atoms with E-state index in [-0.39, 0.29) is 0 Å². The summed E-state index contributed by atoms with van der Waals surface area (Å²) >= 11 is 6.31. The Bertz CT molecular complexity index is 402. The van der Waals surface area contributed by atoms with Crippen LogP contribution in [0.4, 0.5) is 5.82 Å². The quantitative estimate of drug-likeness (QED) is 0.859. The van der Waals surface area contributed by atoms with Crippen molar-refractivity contribution in [3.63, 3.8) is 0 Å². The highest BCUT2D eigenvalue weighted by atomic mass is 35.5. The highest BCUT2D eigenvalue weighted by Gasteiger charge is 2.20. The fourth-order valence-corrected chi connectivity index (χ4v) is 2.36. The molecule has 0 saturated heterocycles. The van der Waals surface area contributed by atoms with Crippen molar-refractivity contribution >= 4 is 17.4 Å². The number of nitrogens with zero attached hydrogens (tertiary/aromatic N) is 2. The van der Waals surface area contributed by atoms with Gasteiger partial charge in [0.1, 0.15) is 5.82 Å². The van der Waals surface area contributed by atoms with Gasteiger partial charge in [0.05, 0.1) is 5.02 Å². The topological polar surface area (TPSA) is 28.2 Å². The Morgan fingerprint density at radius 3 is 2.78 bits per heavy atom. The molecule has 0 aromatic carbocycles. The smallest absolute Gasteiger partial charge is 0.147 e. The van der Waals surface area contributed by atoms with Gasteiger partial charge in [-0.3, -0.25) is 0 Å². The predicted octanol–water partition coefficient (Wildman–Crippen LogP) is 3.08. The van der Waals surface area contributed by atoms with Crippen LogP contribution in [0.5, 0.6) is 0 Å². The molecule has 0 unspecified atom stereocenters. The van der Waals surface area contributed by atoms with Crippen molar-refractivity contribution in [2.75, 3.05) is 18.5 Å². The first kappa shape index (κ1) is 13.6. The predicted molar refractivity (Wildman–Crippen MR) is 77.2 cm³/mol. The molecule has 2 rings (SSSR count). The highest BCUT2D eigenvalue weighted by Crippen LogP contribution is 2.24. The maximum atomic E-state index is 6.31. The summed E-state index contributed by atoms with van der Waals surface area (Å²) < 4.78 is 0. The van der Waals surface area contributed by atoms with Crippen molar-refractivity contribution in [1.82, 2.24) is 10.3 Å². The van der Waals surface area contributed by atoms with Crippen LogP contribution in [0.2, 0.25) is 5.02 Å². The number of anilines is 1. The minimum atomic E-state index is 0.601. The van der Waals surface area contributed by atoms with Crippen LogP contribution in [0.15, 0.2) is 12.3 Å². The summed E-state index contributed by atoms with van der Waals surface area (Å²) in [6.07, 6.45) is 4.53. The van der Waals surface area contributed by atoms with Gasteiger partial charge in [-0.2, -0.15) is 0 Å². The van der Waals surface area contributed by atoms with Crippen molar-refractivity contribution < 1.29 is 0 Å². The first-order valence-corrected chi connectivity index (χ1v) is 7.03. The normalized spacial score (nSPS) is 15.2. The van der Waals surface area contributed by atoms with Gasteiger partial charge in [0.15, 0.2) is 0 Å². The minimum Gasteiger partial charge on any atom is -0.358 e. The molecule has 0 spiro atoms. The molecule has 1 aliphatic carbocycles. The average molecular weight is 268 g/mol. The Balaban J connectivity index is 1.99. The molecule has 3 nitrogen and oxygen atoms in total. The SMILES string of the molecule is CC(C)CN(C)c1ncc(CNC2CC2)cc1Cl. The van der Waals surface area contributed by atoms with Crippen molar-refractivity contribution in [3.05, 3.63) is 22.8 Å². The van der Waals surface area contributed by atoms with Crippen molar-refractivity contribution in [3.8, 4) is 0 Å². The number of hydrogen-bond donors (Lipinski definition) is 1. The van der Waals surface area contributed by atoms with Gasteiger partial charge < -0.3 is 10.2 Å². The zero-order valence-corrected chi connectivity index (χ0v) is 12.2. The number of aromatic nitrogens is 1. The average Bonchev–Trinajstić information content (AvgIpc) is 3.09. The zero-order chi connectivity index (χ0) is 13.1. The van der Waals surface area contributed by atoms with Gasteiger partial charge in [0.2, 0.25) is 0 Å². The second-order valence-corrected chi connectivity index (χ2v) is 5.99. The third-order valence-electron chi connectivity index (χ3n) is 3.05. The lowest BCUT2D eigenvalue weighted by atomic mass is 10.2. The number of rotatable bonds is 6. The first-order chi connectivity index (χ1) is 8.56. The fraction of sp³-hybridized carbons (Fsp3) is 0.643. The van der Waals surface area contributed by atoms with E-state index in [0.29, 0.717) is 12.0 Å².